The number of amides is 1. The average molecular weight is 461 g/mol. The lowest BCUT2D eigenvalue weighted by atomic mass is 9.96. The van der Waals surface area contributed by atoms with Crippen molar-refractivity contribution in [2.24, 2.45) is 5.92 Å². The molecule has 0 aliphatic carbocycles. The summed E-state index contributed by atoms with van der Waals surface area (Å²) in [7, 11) is 0. The molecule has 1 aliphatic heterocycles. The van der Waals surface area contributed by atoms with Crippen LogP contribution in [0.4, 0.5) is 15.9 Å². The standard InChI is InChI=1S/C25H24FN5O3/c1-2-33-20-8-4-3-7-19(20)29-24(32)17-6-5-13-31(14-17)23-21-22(16-9-11-18(26)12-10-16)30-34-25(21)28-15-27-23/h3-4,7-12,15,17H,2,5-6,13-14H2,1H3,(H,29,32)/t17-/m0/s1. The average Bonchev–Trinajstić information content (AvgIpc) is 3.30. The van der Waals surface area contributed by atoms with Crippen molar-refractivity contribution < 1.29 is 18.4 Å². The van der Waals surface area contributed by atoms with E-state index in [2.05, 4.69) is 25.3 Å². The highest BCUT2D eigenvalue weighted by Crippen LogP contribution is 2.35. The summed E-state index contributed by atoms with van der Waals surface area (Å²) in [6.45, 7) is 3.65. The van der Waals surface area contributed by atoms with E-state index in [9.17, 15) is 9.18 Å². The van der Waals surface area contributed by atoms with Crippen LogP contribution in [0.1, 0.15) is 19.8 Å². The zero-order chi connectivity index (χ0) is 23.5. The van der Waals surface area contributed by atoms with Crippen LogP contribution in [0.15, 0.2) is 59.4 Å². The van der Waals surface area contributed by atoms with Gasteiger partial charge in [-0.05, 0) is 56.2 Å². The van der Waals surface area contributed by atoms with Gasteiger partial charge >= 0.3 is 0 Å². The third-order valence-electron chi connectivity index (χ3n) is 5.91. The minimum absolute atomic E-state index is 0.0637. The highest BCUT2D eigenvalue weighted by atomic mass is 19.1. The smallest absolute Gasteiger partial charge is 0.263 e. The van der Waals surface area contributed by atoms with Crippen molar-refractivity contribution in [2.45, 2.75) is 19.8 Å². The van der Waals surface area contributed by atoms with Crippen molar-refractivity contribution >= 4 is 28.5 Å². The molecule has 1 amide bonds. The Hall–Kier alpha value is -4.01. The number of rotatable bonds is 6. The minimum Gasteiger partial charge on any atom is -0.492 e. The largest absolute Gasteiger partial charge is 0.492 e. The number of nitrogens with one attached hydrogen (secondary N) is 1. The highest BCUT2D eigenvalue weighted by molar-refractivity contribution is 5.98. The number of hydrogen-bond donors (Lipinski definition) is 1. The fraction of sp³-hybridized carbons (Fsp3) is 0.280. The fourth-order valence-electron chi connectivity index (χ4n) is 4.29. The first-order valence-electron chi connectivity index (χ1n) is 11.3. The highest BCUT2D eigenvalue weighted by Gasteiger charge is 2.29. The summed E-state index contributed by atoms with van der Waals surface area (Å²) in [6, 6.07) is 13.5. The summed E-state index contributed by atoms with van der Waals surface area (Å²) in [5, 5.41) is 7.84. The maximum atomic E-state index is 13.4. The van der Waals surface area contributed by atoms with Crippen LogP contribution in [-0.2, 0) is 4.79 Å². The number of carbonyl (C=O) groups excluding carboxylic acids is 1. The Morgan fingerprint density at radius 3 is 2.85 bits per heavy atom. The minimum atomic E-state index is -0.330. The number of ether oxygens (including phenoxy) is 1. The fourth-order valence-corrected chi connectivity index (χ4v) is 4.29. The Kier molecular flexibility index (Phi) is 6.07. The molecule has 174 valence electrons. The van der Waals surface area contributed by atoms with Crippen molar-refractivity contribution in [2.75, 3.05) is 29.9 Å². The molecule has 2 aromatic heterocycles. The van der Waals surface area contributed by atoms with E-state index in [1.54, 1.807) is 12.1 Å². The zero-order valence-corrected chi connectivity index (χ0v) is 18.7. The molecule has 9 heteroatoms. The summed E-state index contributed by atoms with van der Waals surface area (Å²) in [4.78, 5) is 23.9. The van der Waals surface area contributed by atoms with Crippen LogP contribution in [-0.4, -0.2) is 40.7 Å². The molecule has 0 bridgehead atoms. The van der Waals surface area contributed by atoms with E-state index in [-0.39, 0.29) is 17.6 Å². The lowest BCUT2D eigenvalue weighted by molar-refractivity contribution is -0.120. The van der Waals surface area contributed by atoms with Gasteiger partial charge in [-0.2, -0.15) is 4.98 Å². The molecule has 8 nitrogen and oxygen atoms in total. The Balaban J connectivity index is 1.41. The number of piperidine rings is 1. The summed E-state index contributed by atoms with van der Waals surface area (Å²) >= 11 is 0. The number of fused-ring (bicyclic) bond motifs is 1. The molecule has 0 spiro atoms. The van der Waals surface area contributed by atoms with E-state index in [0.717, 1.165) is 19.4 Å². The van der Waals surface area contributed by atoms with Gasteiger partial charge in [-0.15, -0.1) is 0 Å². The second kappa shape index (κ2) is 9.46. The molecule has 4 aromatic rings. The quantitative estimate of drug-likeness (QED) is 0.446. The van der Waals surface area contributed by atoms with Crippen molar-refractivity contribution in [1.82, 2.24) is 15.1 Å². The predicted octanol–water partition coefficient (Wildman–Crippen LogP) is 4.68. The number of hydrogen-bond acceptors (Lipinski definition) is 7. The number of nitrogens with zero attached hydrogens (tertiary/aromatic N) is 4. The van der Waals surface area contributed by atoms with E-state index in [1.807, 2.05) is 31.2 Å². The van der Waals surface area contributed by atoms with Gasteiger partial charge in [0.2, 0.25) is 5.91 Å². The van der Waals surface area contributed by atoms with E-state index < -0.39 is 0 Å². The number of anilines is 2. The van der Waals surface area contributed by atoms with Gasteiger partial charge in [-0.3, -0.25) is 4.79 Å². The molecular weight excluding hydrogens is 437 g/mol. The van der Waals surface area contributed by atoms with E-state index in [0.29, 0.717) is 52.8 Å². The molecule has 34 heavy (non-hydrogen) atoms. The molecule has 3 heterocycles. The van der Waals surface area contributed by atoms with Crippen molar-refractivity contribution in [3.05, 3.63) is 60.7 Å². The summed E-state index contributed by atoms with van der Waals surface area (Å²) in [5.74, 6) is 0.673. The number of benzene rings is 2. The number of para-hydroxylation sites is 2. The number of carbonyl (C=O) groups is 1. The van der Waals surface area contributed by atoms with Crippen LogP contribution in [0.25, 0.3) is 22.4 Å². The van der Waals surface area contributed by atoms with Crippen LogP contribution >= 0.6 is 0 Å². The first-order valence-corrected chi connectivity index (χ1v) is 11.3. The summed E-state index contributed by atoms with van der Waals surface area (Å²) in [6.07, 6.45) is 3.02. The zero-order valence-electron chi connectivity index (χ0n) is 18.7. The van der Waals surface area contributed by atoms with Gasteiger partial charge in [0, 0.05) is 18.7 Å². The van der Waals surface area contributed by atoms with Crippen LogP contribution in [0, 0.1) is 11.7 Å². The third kappa shape index (κ3) is 4.28. The van der Waals surface area contributed by atoms with Gasteiger partial charge < -0.3 is 19.5 Å². The normalized spacial score (nSPS) is 15.9. The molecule has 1 saturated heterocycles. The lowest BCUT2D eigenvalue weighted by Gasteiger charge is -2.33. The second-order valence-corrected chi connectivity index (χ2v) is 8.12. The summed E-state index contributed by atoms with van der Waals surface area (Å²) in [5.41, 5.74) is 2.26. The number of aromatic nitrogens is 3. The maximum Gasteiger partial charge on any atom is 0.263 e. The van der Waals surface area contributed by atoms with Crippen LogP contribution in [0.3, 0.4) is 0 Å². The predicted molar refractivity (Wildman–Crippen MR) is 126 cm³/mol. The van der Waals surface area contributed by atoms with Gasteiger partial charge in [0.1, 0.15) is 34.8 Å². The van der Waals surface area contributed by atoms with Crippen molar-refractivity contribution in [3.8, 4) is 17.0 Å². The molecule has 0 saturated carbocycles. The monoisotopic (exact) mass is 461 g/mol. The SMILES string of the molecule is CCOc1ccccc1NC(=O)[C@H]1CCCN(c2ncnc3onc(-c4ccc(F)cc4)c23)C1. The third-order valence-corrected chi connectivity index (χ3v) is 5.91. The molecule has 0 unspecified atom stereocenters. The second-order valence-electron chi connectivity index (χ2n) is 8.12. The molecule has 0 radical (unpaired) electrons. The molecule has 1 fully saturated rings. The van der Waals surface area contributed by atoms with Gasteiger partial charge in [-0.1, -0.05) is 17.3 Å². The first kappa shape index (κ1) is 21.8. The summed E-state index contributed by atoms with van der Waals surface area (Å²) < 4.78 is 24.5. The van der Waals surface area contributed by atoms with Gasteiger partial charge in [0.25, 0.3) is 5.71 Å². The molecule has 1 aliphatic rings. The Labute approximate surface area is 195 Å². The van der Waals surface area contributed by atoms with E-state index >= 15 is 0 Å². The molecule has 2 aromatic carbocycles. The van der Waals surface area contributed by atoms with E-state index in [4.69, 9.17) is 9.26 Å². The Bertz CT molecular complexity index is 1310. The number of halogens is 1. The molecule has 5 rings (SSSR count). The topological polar surface area (TPSA) is 93.4 Å². The lowest BCUT2D eigenvalue weighted by Crippen LogP contribution is -2.41. The van der Waals surface area contributed by atoms with Crippen molar-refractivity contribution in [3.63, 3.8) is 0 Å². The van der Waals surface area contributed by atoms with Crippen LogP contribution in [0.5, 0.6) is 5.75 Å². The maximum absolute atomic E-state index is 13.4. The Morgan fingerprint density at radius 1 is 1.21 bits per heavy atom. The Morgan fingerprint density at radius 2 is 2.03 bits per heavy atom. The van der Waals surface area contributed by atoms with Crippen LogP contribution in [0.2, 0.25) is 0 Å². The van der Waals surface area contributed by atoms with Crippen molar-refractivity contribution in [1.29, 1.82) is 0 Å². The van der Waals surface area contributed by atoms with Gasteiger partial charge in [0.15, 0.2) is 0 Å². The van der Waals surface area contributed by atoms with Gasteiger partial charge in [0.05, 0.1) is 18.2 Å². The van der Waals surface area contributed by atoms with Gasteiger partial charge in [-0.25, -0.2) is 9.37 Å². The molecular formula is C25H24FN5O3. The first-order chi connectivity index (χ1) is 16.6. The molecule has 1 N–H and O–H groups in total. The van der Waals surface area contributed by atoms with Crippen LogP contribution < -0.4 is 15.0 Å². The molecule has 1 atom stereocenters. The van der Waals surface area contributed by atoms with E-state index in [1.165, 1.54) is 18.5 Å².